The van der Waals surface area contributed by atoms with Crippen LogP contribution in [0.4, 0.5) is 5.69 Å². The molecule has 0 heterocycles. The number of aryl methyl sites for hydroxylation is 2. The predicted octanol–water partition coefficient (Wildman–Crippen LogP) is 4.76. The van der Waals surface area contributed by atoms with Gasteiger partial charge in [0.25, 0.3) is 0 Å². The molecule has 2 N–H and O–H groups in total. The van der Waals surface area contributed by atoms with Crippen LogP contribution < -0.4 is 10.6 Å². The molecule has 3 rings (SSSR count). The Morgan fingerprint density at radius 1 is 0.923 bits per heavy atom. The first kappa shape index (κ1) is 19.2. The zero-order valence-corrected chi connectivity index (χ0v) is 16.5. The number of carbonyl (C=O) groups excluding carboxylic acids is 2. The lowest BCUT2D eigenvalue weighted by molar-refractivity contribution is -0.129. The predicted molar refractivity (Wildman–Crippen MR) is 105 cm³/mol. The van der Waals surface area contributed by atoms with Crippen LogP contribution in [0, 0.1) is 25.7 Å². The Hall–Kier alpha value is -1.55. The minimum absolute atomic E-state index is 0.0218. The van der Waals surface area contributed by atoms with Gasteiger partial charge in [-0.25, -0.2) is 0 Å². The number of hydrogen-bond acceptors (Lipinski definition) is 2. The van der Waals surface area contributed by atoms with Gasteiger partial charge < -0.3 is 10.6 Å². The fourth-order valence-corrected chi connectivity index (χ4v) is 4.67. The summed E-state index contributed by atoms with van der Waals surface area (Å²) < 4.78 is 0. The highest BCUT2D eigenvalue weighted by Gasteiger charge is 2.31. The zero-order chi connectivity index (χ0) is 18.7. The maximum Gasteiger partial charge on any atom is 0.227 e. The van der Waals surface area contributed by atoms with Crippen LogP contribution in [0.3, 0.4) is 0 Å². The van der Waals surface area contributed by atoms with Gasteiger partial charge in [-0.15, -0.1) is 0 Å². The number of carbonyl (C=O) groups is 2. The van der Waals surface area contributed by atoms with Gasteiger partial charge in [-0.05, 0) is 69.6 Å². The molecular weight excluding hydrogens is 348 g/mol. The number of anilines is 1. The fourth-order valence-electron chi connectivity index (χ4n) is 4.31. The molecule has 2 saturated carbocycles. The van der Waals surface area contributed by atoms with E-state index in [9.17, 15) is 9.59 Å². The molecule has 1 aromatic carbocycles. The molecule has 0 radical (unpaired) electrons. The van der Waals surface area contributed by atoms with Crippen molar-refractivity contribution in [1.82, 2.24) is 5.32 Å². The van der Waals surface area contributed by atoms with Crippen LogP contribution in [0.25, 0.3) is 0 Å². The van der Waals surface area contributed by atoms with Gasteiger partial charge in [0.05, 0.1) is 10.7 Å². The quantitative estimate of drug-likeness (QED) is 0.795. The smallest absolute Gasteiger partial charge is 0.227 e. The van der Waals surface area contributed by atoms with Crippen LogP contribution in [0.1, 0.15) is 62.5 Å². The summed E-state index contributed by atoms with van der Waals surface area (Å²) in [6.07, 6.45) is 7.76. The maximum absolute atomic E-state index is 12.6. The molecule has 0 atom stereocenters. The summed E-state index contributed by atoms with van der Waals surface area (Å²) in [5.74, 6) is 0.230. The topological polar surface area (TPSA) is 58.2 Å². The lowest BCUT2D eigenvalue weighted by Gasteiger charge is -2.28. The molecule has 0 aromatic heterocycles. The minimum atomic E-state index is -0.0395. The largest absolute Gasteiger partial charge is 0.353 e. The van der Waals surface area contributed by atoms with E-state index >= 15 is 0 Å². The highest BCUT2D eigenvalue weighted by molar-refractivity contribution is 6.34. The van der Waals surface area contributed by atoms with Gasteiger partial charge in [0.2, 0.25) is 11.8 Å². The summed E-state index contributed by atoms with van der Waals surface area (Å²) in [5.41, 5.74) is 2.77. The monoisotopic (exact) mass is 376 g/mol. The van der Waals surface area contributed by atoms with Gasteiger partial charge in [-0.2, -0.15) is 0 Å². The summed E-state index contributed by atoms with van der Waals surface area (Å²) in [5, 5.41) is 6.79. The summed E-state index contributed by atoms with van der Waals surface area (Å²) in [6.45, 7) is 3.95. The van der Waals surface area contributed by atoms with Crippen molar-refractivity contribution in [3.63, 3.8) is 0 Å². The Morgan fingerprint density at radius 2 is 1.50 bits per heavy atom. The highest BCUT2D eigenvalue weighted by atomic mass is 35.5. The van der Waals surface area contributed by atoms with Crippen molar-refractivity contribution in [3.05, 3.63) is 28.3 Å². The van der Waals surface area contributed by atoms with Gasteiger partial charge in [-0.1, -0.05) is 30.5 Å². The molecule has 2 aliphatic rings. The second-order valence-electron chi connectivity index (χ2n) is 7.97. The average molecular weight is 377 g/mol. The van der Waals surface area contributed by atoms with Gasteiger partial charge in [0, 0.05) is 17.9 Å². The van der Waals surface area contributed by atoms with E-state index in [2.05, 4.69) is 10.6 Å². The standard InChI is InChI=1S/C21H29ClN2O2/c1-13-11-14(2)19(18(22)12-13)24-21(26)16-9-7-15(8-10-16)20(25)23-17-5-3-4-6-17/h11-12,15-17H,3-10H2,1-2H3,(H,23,25)(H,24,26). The third-order valence-electron chi connectivity index (χ3n) is 5.85. The number of halogens is 1. The molecule has 0 saturated heterocycles. The summed E-state index contributed by atoms with van der Waals surface area (Å²) >= 11 is 6.30. The molecule has 5 heteroatoms. The Bertz CT molecular complexity index is 652. The molecule has 1 aromatic rings. The van der Waals surface area contributed by atoms with Gasteiger partial charge in [-0.3, -0.25) is 9.59 Å². The van der Waals surface area contributed by atoms with Crippen molar-refractivity contribution in [2.24, 2.45) is 11.8 Å². The number of amides is 2. The molecular formula is C21H29ClN2O2. The van der Waals surface area contributed by atoms with Gasteiger partial charge >= 0.3 is 0 Å². The maximum atomic E-state index is 12.6. The normalized spacial score (nSPS) is 23.7. The number of nitrogens with one attached hydrogen (secondary N) is 2. The van der Waals surface area contributed by atoms with Crippen LogP contribution in [-0.4, -0.2) is 17.9 Å². The van der Waals surface area contributed by atoms with Crippen molar-refractivity contribution in [1.29, 1.82) is 0 Å². The number of rotatable bonds is 4. The molecule has 0 bridgehead atoms. The lowest BCUT2D eigenvalue weighted by Crippen LogP contribution is -2.39. The third-order valence-corrected chi connectivity index (χ3v) is 6.15. The zero-order valence-electron chi connectivity index (χ0n) is 15.7. The SMILES string of the molecule is Cc1cc(C)c(NC(=O)C2CCC(C(=O)NC3CCCC3)CC2)c(Cl)c1. The highest BCUT2D eigenvalue weighted by Crippen LogP contribution is 2.32. The van der Waals surface area contributed by atoms with Crippen LogP contribution in [0.5, 0.6) is 0 Å². The van der Waals surface area contributed by atoms with E-state index in [-0.39, 0.29) is 23.7 Å². The van der Waals surface area contributed by atoms with E-state index in [4.69, 9.17) is 11.6 Å². The Balaban J connectivity index is 1.51. The van der Waals surface area contributed by atoms with Crippen LogP contribution in [-0.2, 0) is 9.59 Å². The first-order valence-electron chi connectivity index (χ1n) is 9.82. The van der Waals surface area contributed by atoms with Gasteiger partial charge in [0.1, 0.15) is 0 Å². The van der Waals surface area contributed by atoms with Crippen LogP contribution in [0.2, 0.25) is 5.02 Å². The van der Waals surface area contributed by atoms with Crippen molar-refractivity contribution in [3.8, 4) is 0 Å². The van der Waals surface area contributed by atoms with Crippen LogP contribution in [0.15, 0.2) is 12.1 Å². The number of hydrogen-bond donors (Lipinski definition) is 2. The van der Waals surface area contributed by atoms with E-state index in [1.165, 1.54) is 12.8 Å². The molecule has 0 aliphatic heterocycles. The second kappa shape index (κ2) is 8.43. The molecule has 2 amide bonds. The molecule has 26 heavy (non-hydrogen) atoms. The van der Waals surface area contributed by atoms with Crippen LogP contribution >= 0.6 is 11.6 Å². The van der Waals surface area contributed by atoms with E-state index in [1.54, 1.807) is 0 Å². The van der Waals surface area contributed by atoms with E-state index in [1.807, 2.05) is 26.0 Å². The van der Waals surface area contributed by atoms with E-state index in [0.29, 0.717) is 16.8 Å². The van der Waals surface area contributed by atoms with E-state index < -0.39 is 0 Å². The first-order chi connectivity index (χ1) is 12.4. The minimum Gasteiger partial charge on any atom is -0.353 e. The van der Waals surface area contributed by atoms with Crippen molar-refractivity contribution in [2.75, 3.05) is 5.32 Å². The third kappa shape index (κ3) is 4.59. The molecule has 0 unspecified atom stereocenters. The fraction of sp³-hybridized carbons (Fsp3) is 0.619. The van der Waals surface area contributed by atoms with Crippen molar-refractivity contribution in [2.45, 2.75) is 71.3 Å². The first-order valence-corrected chi connectivity index (χ1v) is 10.2. The van der Waals surface area contributed by atoms with Crippen molar-refractivity contribution >= 4 is 29.1 Å². The number of benzene rings is 1. The molecule has 0 spiro atoms. The summed E-state index contributed by atoms with van der Waals surface area (Å²) in [4.78, 5) is 25.1. The summed E-state index contributed by atoms with van der Waals surface area (Å²) in [6, 6.07) is 4.26. The summed E-state index contributed by atoms with van der Waals surface area (Å²) in [7, 11) is 0. The molecule has 2 aliphatic carbocycles. The van der Waals surface area contributed by atoms with Crippen molar-refractivity contribution < 1.29 is 9.59 Å². The Kier molecular flexibility index (Phi) is 6.23. The molecule has 2 fully saturated rings. The molecule has 4 nitrogen and oxygen atoms in total. The lowest BCUT2D eigenvalue weighted by atomic mass is 9.81. The Labute approximate surface area is 161 Å². The average Bonchev–Trinajstić information content (AvgIpc) is 3.11. The van der Waals surface area contributed by atoms with E-state index in [0.717, 1.165) is 49.7 Å². The molecule has 142 valence electrons. The Morgan fingerprint density at radius 3 is 2.08 bits per heavy atom. The van der Waals surface area contributed by atoms with Gasteiger partial charge in [0.15, 0.2) is 0 Å². The second-order valence-corrected chi connectivity index (χ2v) is 8.37.